The number of benzene rings is 1. The quantitative estimate of drug-likeness (QED) is 0.603. The molecule has 1 rings (SSSR count). The highest BCUT2D eigenvalue weighted by Crippen LogP contribution is 2.18. The van der Waals surface area contributed by atoms with Crippen molar-refractivity contribution in [2.45, 2.75) is 20.0 Å². The Balaban J connectivity index is 2.62. The molecule has 0 radical (unpaired) electrons. The van der Waals surface area contributed by atoms with Crippen molar-refractivity contribution in [2.75, 3.05) is 5.75 Å². The van der Waals surface area contributed by atoms with E-state index in [1.165, 1.54) is 0 Å². The van der Waals surface area contributed by atoms with E-state index in [0.717, 1.165) is 6.21 Å². The minimum absolute atomic E-state index is 0.0843. The number of hydrogen-bond acceptors (Lipinski definition) is 4. The third-order valence-electron chi connectivity index (χ3n) is 1.72. The van der Waals surface area contributed by atoms with Crippen molar-refractivity contribution < 1.29 is 17.0 Å². The normalized spacial score (nSPS) is 12.2. The molecule has 0 N–H and O–H groups in total. The van der Waals surface area contributed by atoms with Crippen LogP contribution in [-0.2, 0) is 10.2 Å². The van der Waals surface area contributed by atoms with Gasteiger partial charge in [-0.25, -0.2) is 0 Å². The summed E-state index contributed by atoms with van der Waals surface area (Å²) in [6.45, 7) is 3.83. The Morgan fingerprint density at radius 1 is 1.35 bits per heavy atom. The van der Waals surface area contributed by atoms with E-state index in [-0.39, 0.29) is 6.10 Å². The SMILES string of the molecule is CC(C)Oc1ccc(N=CCS(=O)(=O)F)cc1. The molecule has 0 fully saturated rings. The second-order valence-electron chi connectivity index (χ2n) is 3.68. The molecule has 1 aromatic rings. The summed E-state index contributed by atoms with van der Waals surface area (Å²) < 4.78 is 38.0. The van der Waals surface area contributed by atoms with Crippen molar-refractivity contribution in [1.29, 1.82) is 0 Å². The van der Waals surface area contributed by atoms with Gasteiger partial charge in [-0.1, -0.05) is 0 Å². The lowest BCUT2D eigenvalue weighted by Gasteiger charge is -2.08. The van der Waals surface area contributed by atoms with Gasteiger partial charge < -0.3 is 4.74 Å². The van der Waals surface area contributed by atoms with Gasteiger partial charge in [0, 0.05) is 6.21 Å². The summed E-state index contributed by atoms with van der Waals surface area (Å²) >= 11 is 0. The first-order chi connectivity index (χ1) is 7.87. The third-order valence-corrected chi connectivity index (χ3v) is 2.27. The monoisotopic (exact) mass is 259 g/mol. The van der Waals surface area contributed by atoms with Gasteiger partial charge in [-0.15, -0.1) is 3.89 Å². The van der Waals surface area contributed by atoms with Crippen LogP contribution in [-0.4, -0.2) is 26.5 Å². The Kier molecular flexibility index (Phi) is 4.62. The molecule has 0 aromatic heterocycles. The molecular formula is C11H14FNO3S. The number of hydrogen-bond donors (Lipinski definition) is 0. The van der Waals surface area contributed by atoms with Crippen LogP contribution < -0.4 is 4.74 Å². The number of nitrogens with zero attached hydrogens (tertiary/aromatic N) is 1. The number of halogens is 1. The van der Waals surface area contributed by atoms with Gasteiger partial charge in [0.1, 0.15) is 11.5 Å². The summed E-state index contributed by atoms with van der Waals surface area (Å²) in [7, 11) is -4.49. The van der Waals surface area contributed by atoms with Crippen molar-refractivity contribution in [3.63, 3.8) is 0 Å². The van der Waals surface area contributed by atoms with Crippen LogP contribution in [0.25, 0.3) is 0 Å². The van der Waals surface area contributed by atoms with Crippen LogP contribution in [0.5, 0.6) is 5.75 Å². The summed E-state index contributed by atoms with van der Waals surface area (Å²) in [5.41, 5.74) is 0.546. The van der Waals surface area contributed by atoms with E-state index in [1.54, 1.807) is 24.3 Å². The van der Waals surface area contributed by atoms with Crippen LogP contribution in [0.15, 0.2) is 29.3 Å². The lowest BCUT2D eigenvalue weighted by atomic mass is 10.3. The van der Waals surface area contributed by atoms with Crippen LogP contribution in [0, 0.1) is 0 Å². The molecule has 0 aliphatic heterocycles. The number of ether oxygens (including phenoxy) is 1. The predicted molar refractivity (Wildman–Crippen MR) is 65.3 cm³/mol. The maximum Gasteiger partial charge on any atom is 0.307 e. The molecule has 0 amide bonds. The van der Waals surface area contributed by atoms with Gasteiger partial charge in [0.25, 0.3) is 0 Å². The minimum atomic E-state index is -4.49. The fourth-order valence-electron chi connectivity index (χ4n) is 1.11. The molecule has 1 aromatic carbocycles. The molecule has 0 saturated heterocycles. The van der Waals surface area contributed by atoms with Gasteiger partial charge >= 0.3 is 10.2 Å². The molecule has 0 unspecified atom stereocenters. The minimum Gasteiger partial charge on any atom is -0.491 e. The van der Waals surface area contributed by atoms with Gasteiger partial charge in [0.15, 0.2) is 0 Å². The highest BCUT2D eigenvalue weighted by Gasteiger charge is 2.03. The molecular weight excluding hydrogens is 245 g/mol. The Labute approximate surface area is 100 Å². The van der Waals surface area contributed by atoms with E-state index < -0.39 is 16.0 Å². The molecule has 0 spiro atoms. The summed E-state index contributed by atoms with van der Waals surface area (Å²) in [4.78, 5) is 3.81. The zero-order valence-electron chi connectivity index (χ0n) is 9.63. The van der Waals surface area contributed by atoms with Crippen molar-refractivity contribution in [3.8, 4) is 5.75 Å². The first-order valence-electron chi connectivity index (χ1n) is 5.08. The average molecular weight is 259 g/mol. The fourth-order valence-corrected chi connectivity index (χ4v) is 1.37. The molecule has 4 nitrogen and oxygen atoms in total. The second kappa shape index (κ2) is 5.77. The third kappa shape index (κ3) is 6.01. The van der Waals surface area contributed by atoms with Crippen LogP contribution in [0.1, 0.15) is 13.8 Å². The lowest BCUT2D eigenvalue weighted by molar-refractivity contribution is 0.242. The van der Waals surface area contributed by atoms with Crippen LogP contribution in [0.2, 0.25) is 0 Å². The van der Waals surface area contributed by atoms with Gasteiger partial charge in [-0.3, -0.25) is 4.99 Å². The molecule has 17 heavy (non-hydrogen) atoms. The lowest BCUT2D eigenvalue weighted by Crippen LogP contribution is -2.04. The standard InChI is InChI=1S/C11H14FNO3S/c1-9(2)16-11-5-3-10(4-6-11)13-7-8-17(12,14)15/h3-7,9H,8H2,1-2H3. The van der Waals surface area contributed by atoms with Crippen LogP contribution in [0.3, 0.4) is 0 Å². The maximum absolute atomic E-state index is 12.2. The average Bonchev–Trinajstić information content (AvgIpc) is 2.18. The van der Waals surface area contributed by atoms with Gasteiger partial charge in [-0.2, -0.15) is 8.42 Å². The molecule has 94 valence electrons. The van der Waals surface area contributed by atoms with Crippen molar-refractivity contribution >= 4 is 22.1 Å². The molecule has 0 aliphatic rings. The largest absolute Gasteiger partial charge is 0.491 e. The van der Waals surface area contributed by atoms with Gasteiger partial charge in [0.05, 0.1) is 11.8 Å². The van der Waals surface area contributed by atoms with Crippen LogP contribution in [0.4, 0.5) is 9.57 Å². The van der Waals surface area contributed by atoms with E-state index in [4.69, 9.17) is 4.74 Å². The fraction of sp³-hybridized carbons (Fsp3) is 0.364. The second-order valence-corrected chi connectivity index (χ2v) is 5.09. The van der Waals surface area contributed by atoms with E-state index in [0.29, 0.717) is 11.4 Å². The highest BCUT2D eigenvalue weighted by atomic mass is 32.3. The van der Waals surface area contributed by atoms with E-state index >= 15 is 0 Å². The first-order valence-corrected chi connectivity index (χ1v) is 6.63. The van der Waals surface area contributed by atoms with E-state index in [9.17, 15) is 12.3 Å². The molecule has 6 heteroatoms. The van der Waals surface area contributed by atoms with Crippen molar-refractivity contribution in [1.82, 2.24) is 0 Å². The molecule has 0 heterocycles. The Morgan fingerprint density at radius 2 is 1.94 bits per heavy atom. The number of rotatable bonds is 5. The summed E-state index contributed by atoms with van der Waals surface area (Å²) in [5.74, 6) is -0.00545. The Hall–Kier alpha value is -1.43. The van der Waals surface area contributed by atoms with Crippen molar-refractivity contribution in [2.24, 2.45) is 4.99 Å². The molecule has 0 aliphatic carbocycles. The summed E-state index contributed by atoms with van der Waals surface area (Å²) in [6.07, 6.45) is 1.11. The van der Waals surface area contributed by atoms with Crippen molar-refractivity contribution in [3.05, 3.63) is 24.3 Å². The molecule has 0 saturated carbocycles. The Morgan fingerprint density at radius 3 is 2.41 bits per heavy atom. The zero-order valence-corrected chi connectivity index (χ0v) is 10.4. The zero-order chi connectivity index (χ0) is 12.9. The van der Waals surface area contributed by atoms with Gasteiger partial charge in [0.2, 0.25) is 0 Å². The predicted octanol–water partition coefficient (Wildman–Crippen LogP) is 2.48. The maximum atomic E-state index is 12.2. The van der Waals surface area contributed by atoms with E-state index in [2.05, 4.69) is 4.99 Å². The number of aliphatic imine (C=N–C) groups is 1. The highest BCUT2D eigenvalue weighted by molar-refractivity contribution is 7.87. The summed E-state index contributed by atoms with van der Waals surface area (Å²) in [5, 5.41) is 0. The first kappa shape index (κ1) is 13.6. The van der Waals surface area contributed by atoms with E-state index in [1.807, 2.05) is 13.8 Å². The van der Waals surface area contributed by atoms with Crippen LogP contribution >= 0.6 is 0 Å². The smallest absolute Gasteiger partial charge is 0.307 e. The van der Waals surface area contributed by atoms with Gasteiger partial charge in [-0.05, 0) is 38.1 Å². The molecule has 0 atom stereocenters. The molecule has 0 bridgehead atoms. The topological polar surface area (TPSA) is 55.7 Å². The summed E-state index contributed by atoms with van der Waals surface area (Å²) in [6, 6.07) is 6.77. The Bertz CT molecular complexity index is 480.